The Morgan fingerprint density at radius 3 is 2.75 bits per heavy atom. The van der Waals surface area contributed by atoms with Crippen molar-refractivity contribution >= 4 is 22.9 Å². The zero-order valence-corrected chi connectivity index (χ0v) is 15.1. The van der Waals surface area contributed by atoms with Crippen LogP contribution in [0.15, 0.2) is 44.9 Å². The number of aryl methyl sites for hydroxylation is 1. The predicted octanol–water partition coefficient (Wildman–Crippen LogP) is 3.07. The Hall–Kier alpha value is -2.92. The summed E-state index contributed by atoms with van der Waals surface area (Å²) in [5, 5.41) is 8.19. The monoisotopic (exact) mass is 412 g/mol. The van der Waals surface area contributed by atoms with Gasteiger partial charge in [0.1, 0.15) is 0 Å². The van der Waals surface area contributed by atoms with E-state index >= 15 is 0 Å². The molecule has 3 N–H and O–H groups in total. The minimum Gasteiger partial charge on any atom is -0.387 e. The summed E-state index contributed by atoms with van der Waals surface area (Å²) in [5.41, 5.74) is 4.73. The molecule has 0 aliphatic rings. The molecule has 1 aromatic carbocycles. The van der Waals surface area contributed by atoms with Crippen molar-refractivity contribution in [3.63, 3.8) is 0 Å². The number of aromatic nitrogens is 2. The van der Waals surface area contributed by atoms with Gasteiger partial charge in [-0.1, -0.05) is 6.07 Å². The van der Waals surface area contributed by atoms with E-state index in [9.17, 15) is 22.8 Å². The predicted molar refractivity (Wildman–Crippen MR) is 96.7 cm³/mol. The summed E-state index contributed by atoms with van der Waals surface area (Å²) in [7, 11) is 0. The van der Waals surface area contributed by atoms with E-state index in [4.69, 9.17) is 10.2 Å². The molecule has 0 unspecified atom stereocenters. The summed E-state index contributed by atoms with van der Waals surface area (Å²) in [6.45, 7) is -0.186. The van der Waals surface area contributed by atoms with Crippen molar-refractivity contribution in [3.05, 3.63) is 57.4 Å². The van der Waals surface area contributed by atoms with E-state index in [0.717, 1.165) is 16.8 Å². The van der Waals surface area contributed by atoms with Gasteiger partial charge >= 0.3 is 11.9 Å². The third kappa shape index (κ3) is 4.67. The largest absolute Gasteiger partial charge is 0.437 e. The lowest BCUT2D eigenvalue weighted by molar-refractivity contribution is -0.137. The van der Waals surface area contributed by atoms with Crippen LogP contribution in [-0.4, -0.2) is 15.7 Å². The lowest BCUT2D eigenvalue weighted by Gasteiger charge is -2.12. The number of halogens is 3. The van der Waals surface area contributed by atoms with Gasteiger partial charge in [0.2, 0.25) is 5.91 Å². The fourth-order valence-corrected chi connectivity index (χ4v) is 3.07. The minimum atomic E-state index is -4.56. The second-order valence-corrected chi connectivity index (χ2v) is 6.74. The van der Waals surface area contributed by atoms with Crippen molar-refractivity contribution in [1.82, 2.24) is 9.78 Å². The molecule has 2 aromatic heterocycles. The van der Waals surface area contributed by atoms with Crippen LogP contribution < -0.4 is 16.8 Å². The maximum Gasteiger partial charge on any atom is 0.437 e. The van der Waals surface area contributed by atoms with E-state index < -0.39 is 23.4 Å². The molecule has 0 saturated carbocycles. The smallest absolute Gasteiger partial charge is 0.387 e. The van der Waals surface area contributed by atoms with E-state index in [0.29, 0.717) is 4.88 Å². The summed E-state index contributed by atoms with van der Waals surface area (Å²) in [4.78, 5) is 24.6. The number of thiophene rings is 1. The fourth-order valence-electron chi connectivity index (χ4n) is 2.42. The molecule has 3 aromatic rings. The number of hydrogen-bond acceptors (Lipinski definition) is 6. The zero-order valence-electron chi connectivity index (χ0n) is 14.3. The Morgan fingerprint density at radius 1 is 1.32 bits per heavy atom. The van der Waals surface area contributed by atoms with Crippen LogP contribution in [0.4, 0.5) is 18.9 Å². The van der Waals surface area contributed by atoms with Gasteiger partial charge in [0.15, 0.2) is 0 Å². The normalized spacial score (nSPS) is 11.6. The average Bonchev–Trinajstić information content (AvgIpc) is 3.28. The van der Waals surface area contributed by atoms with E-state index in [1.807, 2.05) is 0 Å². The molecule has 0 atom stereocenters. The minimum absolute atomic E-state index is 0.0213. The number of nitrogens with one attached hydrogen (secondary N) is 1. The number of alkyl halides is 3. The summed E-state index contributed by atoms with van der Waals surface area (Å²) in [6, 6.07) is 6.63. The number of carbonyl (C=O) groups excluding carboxylic acids is 1. The fraction of sp³-hybridized carbons (Fsp3) is 0.235. The topological polar surface area (TPSA) is 103 Å². The first-order chi connectivity index (χ1) is 13.3. The number of carbonyl (C=O) groups is 1. The summed E-state index contributed by atoms with van der Waals surface area (Å²) in [6.07, 6.45) is -4.73. The van der Waals surface area contributed by atoms with E-state index in [1.54, 1.807) is 17.5 Å². The standard InChI is InChI=1S/C17H15F3N4O3S/c18-17(19,20)11-6-10(9-21)7-12(8-11)22-14(25)3-4-24-16(26)27-15(23-24)13-2-1-5-28-13/h1-2,5-8H,3-4,9,21H2,(H,22,25). The first kappa shape index (κ1) is 19.8. The Balaban J connectivity index is 1.67. The van der Waals surface area contributed by atoms with Gasteiger partial charge in [0.05, 0.1) is 17.0 Å². The average molecular weight is 412 g/mol. The molecule has 0 aliphatic carbocycles. The molecule has 2 heterocycles. The lowest BCUT2D eigenvalue weighted by atomic mass is 10.1. The molecule has 7 nitrogen and oxygen atoms in total. The van der Waals surface area contributed by atoms with Gasteiger partial charge in [-0.2, -0.15) is 17.9 Å². The second kappa shape index (κ2) is 7.98. The number of amides is 1. The van der Waals surface area contributed by atoms with Gasteiger partial charge < -0.3 is 15.5 Å². The number of nitrogens with zero attached hydrogens (tertiary/aromatic N) is 2. The molecule has 1 amide bonds. The summed E-state index contributed by atoms with van der Waals surface area (Å²) in [5.74, 6) is -1.15. The van der Waals surface area contributed by atoms with Crippen LogP contribution >= 0.6 is 11.3 Å². The molecule has 28 heavy (non-hydrogen) atoms. The highest BCUT2D eigenvalue weighted by molar-refractivity contribution is 7.13. The van der Waals surface area contributed by atoms with Crippen LogP contribution in [-0.2, 0) is 24.1 Å². The van der Waals surface area contributed by atoms with E-state index in [1.165, 1.54) is 17.4 Å². The van der Waals surface area contributed by atoms with Gasteiger partial charge in [0.25, 0.3) is 5.89 Å². The molecule has 0 aliphatic heterocycles. The first-order valence-electron chi connectivity index (χ1n) is 8.09. The van der Waals surface area contributed by atoms with Crippen LogP contribution in [0.25, 0.3) is 10.8 Å². The van der Waals surface area contributed by atoms with Gasteiger partial charge in [-0.15, -0.1) is 16.4 Å². The third-order valence-electron chi connectivity index (χ3n) is 3.73. The number of benzene rings is 1. The molecule has 0 bridgehead atoms. The molecule has 0 saturated heterocycles. The molecule has 0 spiro atoms. The van der Waals surface area contributed by atoms with Crippen LogP contribution in [0.3, 0.4) is 0 Å². The SMILES string of the molecule is NCc1cc(NC(=O)CCn2nc(-c3cccs3)oc2=O)cc(C(F)(F)F)c1. The van der Waals surface area contributed by atoms with Crippen LogP contribution in [0.2, 0.25) is 0 Å². The van der Waals surface area contributed by atoms with Gasteiger partial charge in [-0.3, -0.25) is 4.79 Å². The Morgan fingerprint density at radius 2 is 2.11 bits per heavy atom. The Labute approximate surface area is 160 Å². The maximum atomic E-state index is 12.9. The number of nitrogens with two attached hydrogens (primary N) is 1. The summed E-state index contributed by atoms with van der Waals surface area (Å²) >= 11 is 1.34. The van der Waals surface area contributed by atoms with Crippen molar-refractivity contribution in [3.8, 4) is 10.8 Å². The molecule has 3 rings (SSSR count). The second-order valence-electron chi connectivity index (χ2n) is 5.79. The maximum absolute atomic E-state index is 12.9. The van der Waals surface area contributed by atoms with Gasteiger partial charge in [-0.25, -0.2) is 4.79 Å². The quantitative estimate of drug-likeness (QED) is 0.648. The molecule has 148 valence electrons. The molecular weight excluding hydrogens is 397 g/mol. The molecule has 0 radical (unpaired) electrons. The van der Waals surface area contributed by atoms with Gasteiger partial charge in [-0.05, 0) is 35.2 Å². The van der Waals surface area contributed by atoms with Gasteiger partial charge in [0, 0.05) is 18.7 Å². The number of anilines is 1. The van der Waals surface area contributed by atoms with E-state index in [2.05, 4.69) is 10.4 Å². The van der Waals surface area contributed by atoms with Crippen molar-refractivity contribution in [2.45, 2.75) is 25.7 Å². The number of rotatable bonds is 6. The highest BCUT2D eigenvalue weighted by atomic mass is 32.1. The lowest BCUT2D eigenvalue weighted by Crippen LogP contribution is -2.21. The van der Waals surface area contributed by atoms with Crippen molar-refractivity contribution < 1.29 is 22.4 Å². The van der Waals surface area contributed by atoms with E-state index in [-0.39, 0.29) is 36.7 Å². The Kier molecular flexibility index (Phi) is 5.66. The highest BCUT2D eigenvalue weighted by Crippen LogP contribution is 2.32. The van der Waals surface area contributed by atoms with Crippen molar-refractivity contribution in [2.24, 2.45) is 5.73 Å². The zero-order chi connectivity index (χ0) is 20.3. The Bertz CT molecular complexity index is 1030. The molecule has 11 heteroatoms. The van der Waals surface area contributed by atoms with Crippen molar-refractivity contribution in [1.29, 1.82) is 0 Å². The molecular formula is C17H15F3N4O3S. The number of hydrogen-bond donors (Lipinski definition) is 2. The van der Waals surface area contributed by atoms with Crippen LogP contribution in [0, 0.1) is 0 Å². The van der Waals surface area contributed by atoms with Crippen LogP contribution in [0.5, 0.6) is 0 Å². The van der Waals surface area contributed by atoms with Crippen LogP contribution in [0.1, 0.15) is 17.5 Å². The first-order valence-corrected chi connectivity index (χ1v) is 8.97. The van der Waals surface area contributed by atoms with Crippen molar-refractivity contribution in [2.75, 3.05) is 5.32 Å². The highest BCUT2D eigenvalue weighted by Gasteiger charge is 2.31. The third-order valence-corrected chi connectivity index (χ3v) is 4.59. The molecule has 0 fully saturated rings. The summed E-state index contributed by atoms with van der Waals surface area (Å²) < 4.78 is 44.9.